The molecule has 0 fully saturated rings. The van der Waals surface area contributed by atoms with Crippen LogP contribution in [-0.2, 0) is 11.3 Å². The number of fused-ring (bicyclic) bond motifs is 1. The van der Waals surface area contributed by atoms with Crippen LogP contribution in [0.25, 0.3) is 0 Å². The number of carbonyl (C=O) groups is 1. The van der Waals surface area contributed by atoms with Crippen LogP contribution < -0.4 is 5.32 Å². The van der Waals surface area contributed by atoms with E-state index in [0.29, 0.717) is 23.8 Å². The summed E-state index contributed by atoms with van der Waals surface area (Å²) in [6, 6.07) is 7.62. The molecule has 25 heavy (non-hydrogen) atoms. The Hall–Kier alpha value is -2.60. The van der Waals surface area contributed by atoms with Crippen molar-refractivity contribution in [2.45, 2.75) is 32.7 Å². The molecule has 1 aromatic carbocycles. The molecule has 3 aromatic rings. The second-order valence-corrected chi connectivity index (χ2v) is 6.65. The van der Waals surface area contributed by atoms with Crippen LogP contribution in [0.4, 0.5) is 5.82 Å². The molecule has 0 radical (unpaired) electrons. The maximum absolute atomic E-state index is 12.3. The first-order valence-electron chi connectivity index (χ1n) is 8.06. The van der Waals surface area contributed by atoms with Gasteiger partial charge >= 0.3 is 0 Å². The van der Waals surface area contributed by atoms with Gasteiger partial charge in [-0.2, -0.15) is 5.10 Å². The van der Waals surface area contributed by atoms with E-state index in [1.54, 1.807) is 4.68 Å². The van der Waals surface area contributed by atoms with E-state index < -0.39 is 0 Å². The third-order valence-corrected chi connectivity index (χ3v) is 4.97. The number of nitrogens with one attached hydrogen (secondary N) is 1. The van der Waals surface area contributed by atoms with Gasteiger partial charge in [0.15, 0.2) is 0 Å². The second-order valence-electron chi connectivity index (χ2n) is 6.24. The Morgan fingerprint density at radius 1 is 1.36 bits per heavy atom. The van der Waals surface area contributed by atoms with E-state index in [0.717, 1.165) is 28.1 Å². The number of benzene rings is 1. The number of hydrogen-bond donors (Lipinski definition) is 1. The van der Waals surface area contributed by atoms with E-state index >= 15 is 0 Å². The molecule has 1 atom stereocenters. The van der Waals surface area contributed by atoms with E-state index in [1.807, 2.05) is 44.3 Å². The molecular formula is C18H17ClN4O2. The topological polar surface area (TPSA) is 73.0 Å². The Labute approximate surface area is 149 Å². The lowest BCUT2D eigenvalue weighted by molar-refractivity contribution is -0.116. The molecule has 1 N–H and O–H groups in total. The molecule has 7 heteroatoms. The first kappa shape index (κ1) is 15.9. The Balaban J connectivity index is 1.76. The molecule has 4 rings (SSSR count). The van der Waals surface area contributed by atoms with Crippen LogP contribution in [0.1, 0.15) is 40.5 Å². The number of carbonyl (C=O) groups excluding carboxylic acids is 1. The molecular weight excluding hydrogens is 340 g/mol. The molecule has 3 heterocycles. The lowest BCUT2D eigenvalue weighted by Gasteiger charge is -2.23. The van der Waals surface area contributed by atoms with Crippen molar-refractivity contribution in [3.63, 3.8) is 0 Å². The van der Waals surface area contributed by atoms with E-state index in [4.69, 9.17) is 16.1 Å². The monoisotopic (exact) mass is 356 g/mol. The zero-order valence-corrected chi connectivity index (χ0v) is 14.7. The SMILES string of the molecule is Cc1noc(C)c1C1CC(=O)Nc2c1cnn2Cc1ccccc1Cl. The van der Waals surface area contributed by atoms with Gasteiger partial charge in [-0.05, 0) is 25.5 Å². The van der Waals surface area contributed by atoms with Crippen LogP contribution >= 0.6 is 11.6 Å². The van der Waals surface area contributed by atoms with Gasteiger partial charge in [0.25, 0.3) is 0 Å². The summed E-state index contributed by atoms with van der Waals surface area (Å²) >= 11 is 6.26. The van der Waals surface area contributed by atoms with E-state index in [1.165, 1.54) is 0 Å². The van der Waals surface area contributed by atoms with Crippen molar-refractivity contribution in [3.05, 3.63) is 63.6 Å². The van der Waals surface area contributed by atoms with Gasteiger partial charge in [0.1, 0.15) is 11.6 Å². The predicted molar refractivity (Wildman–Crippen MR) is 93.8 cm³/mol. The first-order chi connectivity index (χ1) is 12.0. The van der Waals surface area contributed by atoms with Gasteiger partial charge in [0.05, 0.1) is 18.4 Å². The fourth-order valence-electron chi connectivity index (χ4n) is 3.42. The lowest BCUT2D eigenvalue weighted by atomic mass is 9.86. The van der Waals surface area contributed by atoms with Gasteiger partial charge < -0.3 is 9.84 Å². The van der Waals surface area contributed by atoms with Crippen LogP contribution in [0, 0.1) is 13.8 Å². The number of rotatable bonds is 3. The Morgan fingerprint density at radius 2 is 2.16 bits per heavy atom. The minimum absolute atomic E-state index is 0.0431. The molecule has 0 spiro atoms. The largest absolute Gasteiger partial charge is 0.361 e. The fourth-order valence-corrected chi connectivity index (χ4v) is 3.62. The molecule has 128 valence electrons. The summed E-state index contributed by atoms with van der Waals surface area (Å²) in [4.78, 5) is 12.3. The normalized spacial score (nSPS) is 16.6. The third kappa shape index (κ3) is 2.72. The Kier molecular flexibility index (Phi) is 3.84. The lowest BCUT2D eigenvalue weighted by Crippen LogP contribution is -2.25. The van der Waals surface area contributed by atoms with Crippen LogP contribution in [0.15, 0.2) is 35.0 Å². The van der Waals surface area contributed by atoms with Gasteiger partial charge in [-0.1, -0.05) is 35.0 Å². The van der Waals surface area contributed by atoms with Crippen molar-refractivity contribution in [1.82, 2.24) is 14.9 Å². The summed E-state index contributed by atoms with van der Waals surface area (Å²) in [7, 11) is 0. The quantitative estimate of drug-likeness (QED) is 0.777. The van der Waals surface area contributed by atoms with Crippen molar-refractivity contribution in [3.8, 4) is 0 Å². The van der Waals surface area contributed by atoms with Gasteiger partial charge in [0, 0.05) is 28.5 Å². The minimum Gasteiger partial charge on any atom is -0.361 e. The van der Waals surface area contributed by atoms with Gasteiger partial charge in [-0.3, -0.25) is 4.79 Å². The van der Waals surface area contributed by atoms with Crippen molar-refractivity contribution in [2.75, 3.05) is 5.32 Å². The first-order valence-corrected chi connectivity index (χ1v) is 8.44. The maximum atomic E-state index is 12.3. The van der Waals surface area contributed by atoms with Gasteiger partial charge in [0.2, 0.25) is 5.91 Å². The third-order valence-electron chi connectivity index (χ3n) is 4.61. The van der Waals surface area contributed by atoms with Crippen molar-refractivity contribution in [2.24, 2.45) is 0 Å². The fraction of sp³-hybridized carbons (Fsp3) is 0.278. The van der Waals surface area contributed by atoms with Gasteiger partial charge in [-0.25, -0.2) is 4.68 Å². The molecule has 0 bridgehead atoms. The number of halogens is 1. The molecule has 1 unspecified atom stereocenters. The highest BCUT2D eigenvalue weighted by Gasteiger charge is 2.33. The van der Waals surface area contributed by atoms with Crippen molar-refractivity contribution < 1.29 is 9.32 Å². The highest BCUT2D eigenvalue weighted by molar-refractivity contribution is 6.31. The molecule has 0 aliphatic carbocycles. The van der Waals surface area contributed by atoms with E-state index in [9.17, 15) is 4.79 Å². The zero-order valence-electron chi connectivity index (χ0n) is 13.9. The summed E-state index contributed by atoms with van der Waals surface area (Å²) in [6.45, 7) is 4.26. The molecule has 1 aliphatic rings. The highest BCUT2D eigenvalue weighted by atomic mass is 35.5. The number of nitrogens with zero attached hydrogens (tertiary/aromatic N) is 3. The number of hydrogen-bond acceptors (Lipinski definition) is 4. The summed E-state index contributed by atoms with van der Waals surface area (Å²) < 4.78 is 7.07. The smallest absolute Gasteiger partial charge is 0.226 e. The van der Waals surface area contributed by atoms with Crippen molar-refractivity contribution >= 4 is 23.3 Å². The molecule has 6 nitrogen and oxygen atoms in total. The number of aryl methyl sites for hydroxylation is 2. The molecule has 1 aliphatic heterocycles. The van der Waals surface area contributed by atoms with E-state index in [-0.39, 0.29) is 11.8 Å². The van der Waals surface area contributed by atoms with Crippen LogP contribution in [0.5, 0.6) is 0 Å². The average Bonchev–Trinajstić information content (AvgIpc) is 3.13. The molecule has 2 aromatic heterocycles. The minimum atomic E-state index is -0.102. The zero-order chi connectivity index (χ0) is 17.6. The average molecular weight is 357 g/mol. The summed E-state index contributed by atoms with van der Waals surface area (Å²) in [5, 5.41) is 12.1. The predicted octanol–water partition coefficient (Wildman–Crippen LogP) is 3.66. The second kappa shape index (κ2) is 6.04. The maximum Gasteiger partial charge on any atom is 0.226 e. The Bertz CT molecular complexity index is 940. The number of anilines is 1. The highest BCUT2D eigenvalue weighted by Crippen LogP contribution is 2.39. The molecule has 0 saturated heterocycles. The Morgan fingerprint density at radius 3 is 2.88 bits per heavy atom. The molecule has 0 saturated carbocycles. The summed E-state index contributed by atoms with van der Waals surface area (Å²) in [6.07, 6.45) is 2.16. The summed E-state index contributed by atoms with van der Waals surface area (Å²) in [5.41, 5.74) is 3.69. The molecule has 1 amide bonds. The number of aromatic nitrogens is 3. The van der Waals surface area contributed by atoms with Crippen LogP contribution in [0.3, 0.4) is 0 Å². The summed E-state index contributed by atoms with van der Waals surface area (Å²) in [5.74, 6) is 1.30. The van der Waals surface area contributed by atoms with Crippen LogP contribution in [0.2, 0.25) is 5.02 Å². The number of amides is 1. The van der Waals surface area contributed by atoms with E-state index in [2.05, 4.69) is 15.6 Å². The standard InChI is InChI=1S/C18H17ClN4O2/c1-10-17(11(2)25-22-10)13-7-16(24)21-18-14(13)8-20-23(18)9-12-5-3-4-6-15(12)19/h3-6,8,13H,7,9H2,1-2H3,(H,21,24). The van der Waals surface area contributed by atoms with Crippen LogP contribution in [-0.4, -0.2) is 20.8 Å². The van der Waals surface area contributed by atoms with Gasteiger partial charge in [-0.15, -0.1) is 0 Å². The van der Waals surface area contributed by atoms with Crippen molar-refractivity contribution in [1.29, 1.82) is 0 Å².